The van der Waals surface area contributed by atoms with Gasteiger partial charge in [0.25, 0.3) is 5.91 Å². The molecule has 3 heterocycles. The molecule has 2 aromatic heterocycles. The molecule has 1 aliphatic rings. The van der Waals surface area contributed by atoms with Crippen molar-refractivity contribution < 1.29 is 19.1 Å². The van der Waals surface area contributed by atoms with E-state index in [-0.39, 0.29) is 11.9 Å². The van der Waals surface area contributed by atoms with Crippen molar-refractivity contribution in [2.45, 2.75) is 19.8 Å². The van der Waals surface area contributed by atoms with Crippen LogP contribution in [0.4, 0.5) is 15.6 Å². The van der Waals surface area contributed by atoms with E-state index in [1.165, 1.54) is 11.8 Å². The number of pyridine rings is 1. The predicted molar refractivity (Wildman–Crippen MR) is 135 cm³/mol. The second-order valence-corrected chi connectivity index (χ2v) is 8.79. The molecule has 0 atom stereocenters. The molecule has 3 amide bonds. The van der Waals surface area contributed by atoms with Gasteiger partial charge in [0.05, 0.1) is 24.1 Å². The monoisotopic (exact) mass is 491 g/mol. The summed E-state index contributed by atoms with van der Waals surface area (Å²) in [4.78, 5) is 47.5. The van der Waals surface area contributed by atoms with Gasteiger partial charge in [0.15, 0.2) is 5.13 Å². The zero-order valence-electron chi connectivity index (χ0n) is 19.2. The molecular formula is C25H25N5O4S. The highest BCUT2D eigenvalue weighted by Crippen LogP contribution is 2.23. The number of amides is 3. The zero-order valence-corrected chi connectivity index (χ0v) is 20.0. The Balaban J connectivity index is 1.28. The van der Waals surface area contributed by atoms with E-state index in [9.17, 15) is 14.4 Å². The Bertz CT molecular complexity index is 1210. The van der Waals surface area contributed by atoms with Gasteiger partial charge in [-0.05, 0) is 62.2 Å². The lowest BCUT2D eigenvalue weighted by Crippen LogP contribution is -2.39. The maximum Gasteiger partial charge on any atom is 0.338 e. The molecule has 1 saturated heterocycles. The van der Waals surface area contributed by atoms with Gasteiger partial charge in [-0.3, -0.25) is 15.1 Å². The Morgan fingerprint density at radius 2 is 1.83 bits per heavy atom. The molecule has 0 spiro atoms. The maximum absolute atomic E-state index is 12.6. The molecule has 1 aliphatic heterocycles. The summed E-state index contributed by atoms with van der Waals surface area (Å²) >= 11 is 1.09. The minimum absolute atomic E-state index is 0.238. The molecule has 10 heteroatoms. The molecule has 3 aromatic rings. The van der Waals surface area contributed by atoms with Crippen LogP contribution in [-0.2, 0) is 4.74 Å². The fourth-order valence-electron chi connectivity index (χ4n) is 3.52. The van der Waals surface area contributed by atoms with Gasteiger partial charge in [0.1, 0.15) is 4.88 Å². The van der Waals surface area contributed by atoms with Gasteiger partial charge >= 0.3 is 12.0 Å². The molecule has 0 saturated carbocycles. The highest BCUT2D eigenvalue weighted by atomic mass is 32.1. The number of hydrogen-bond acceptors (Lipinski definition) is 7. The Hall–Kier alpha value is -4.05. The zero-order chi connectivity index (χ0) is 24.6. The number of esters is 1. The van der Waals surface area contributed by atoms with Gasteiger partial charge in [-0.15, -0.1) is 0 Å². The minimum Gasteiger partial charge on any atom is -0.462 e. The Morgan fingerprint density at radius 1 is 1.06 bits per heavy atom. The van der Waals surface area contributed by atoms with Gasteiger partial charge in [-0.25, -0.2) is 14.6 Å². The van der Waals surface area contributed by atoms with Gasteiger partial charge in [0.2, 0.25) is 0 Å². The summed E-state index contributed by atoms with van der Waals surface area (Å²) in [5, 5.41) is 5.89. The average Bonchev–Trinajstić information content (AvgIpc) is 3.34. The summed E-state index contributed by atoms with van der Waals surface area (Å²) in [6.45, 7) is 3.24. The van der Waals surface area contributed by atoms with Crippen LogP contribution in [-0.4, -0.2) is 52.5 Å². The van der Waals surface area contributed by atoms with E-state index < -0.39 is 5.97 Å². The summed E-state index contributed by atoms with van der Waals surface area (Å²) in [6.07, 6.45) is 6.83. The lowest BCUT2D eigenvalue weighted by molar-refractivity contribution is 0.0526. The summed E-state index contributed by atoms with van der Waals surface area (Å²) in [6, 6.07) is 12.0. The van der Waals surface area contributed by atoms with Crippen molar-refractivity contribution >= 4 is 46.1 Å². The Labute approximate surface area is 206 Å². The number of urea groups is 1. The van der Waals surface area contributed by atoms with Gasteiger partial charge in [-0.1, -0.05) is 23.0 Å². The van der Waals surface area contributed by atoms with E-state index in [1.54, 1.807) is 42.3 Å². The fraction of sp³-hybridized carbons (Fsp3) is 0.240. The van der Waals surface area contributed by atoms with E-state index in [0.717, 1.165) is 29.9 Å². The molecule has 2 N–H and O–H groups in total. The number of ether oxygens (including phenoxy) is 1. The third kappa shape index (κ3) is 6.51. The smallest absolute Gasteiger partial charge is 0.338 e. The number of benzene rings is 1. The molecule has 0 aliphatic carbocycles. The number of nitrogens with zero attached hydrogens (tertiary/aromatic N) is 3. The standard InChI is InChI=1S/C25H25N5O4S/c1-2-34-23(32)18-6-8-19(9-7-18)28-22(31)21-16-27-24(35-21)29-25(33)30-13-10-17(11-14-30)15-20-5-3-4-12-26-20/h3-9,12,15-16H,2,10-11,13-14H2,1H3,(H,28,31)(H,27,29,33). The van der Waals surface area contributed by atoms with E-state index in [1.807, 2.05) is 18.2 Å². The fourth-order valence-corrected chi connectivity index (χ4v) is 4.22. The molecule has 4 rings (SSSR count). The maximum atomic E-state index is 12.6. The molecule has 9 nitrogen and oxygen atoms in total. The van der Waals surface area contributed by atoms with Crippen LogP contribution in [0.15, 0.2) is 60.4 Å². The van der Waals surface area contributed by atoms with Crippen LogP contribution in [0.3, 0.4) is 0 Å². The number of thiazole rings is 1. The van der Waals surface area contributed by atoms with Crippen molar-refractivity contribution in [3.05, 3.63) is 76.6 Å². The molecule has 0 unspecified atom stereocenters. The molecule has 35 heavy (non-hydrogen) atoms. The predicted octanol–water partition coefficient (Wildman–Crippen LogP) is 4.68. The number of likely N-dealkylation sites (tertiary alicyclic amines) is 1. The number of aromatic nitrogens is 2. The van der Waals surface area contributed by atoms with Gasteiger partial charge in [0, 0.05) is 25.0 Å². The largest absolute Gasteiger partial charge is 0.462 e. The Morgan fingerprint density at radius 3 is 2.51 bits per heavy atom. The Kier molecular flexibility index (Phi) is 7.84. The topological polar surface area (TPSA) is 114 Å². The first-order chi connectivity index (χ1) is 17.0. The van der Waals surface area contributed by atoms with Crippen molar-refractivity contribution in [3.63, 3.8) is 0 Å². The van der Waals surface area contributed by atoms with Crippen LogP contribution in [0, 0.1) is 0 Å². The third-order valence-electron chi connectivity index (χ3n) is 5.33. The van der Waals surface area contributed by atoms with Crippen molar-refractivity contribution in [1.29, 1.82) is 0 Å². The number of carbonyl (C=O) groups is 3. The quantitative estimate of drug-likeness (QED) is 0.484. The van der Waals surface area contributed by atoms with E-state index >= 15 is 0 Å². The highest BCUT2D eigenvalue weighted by Gasteiger charge is 2.21. The van der Waals surface area contributed by atoms with Crippen molar-refractivity contribution in [3.8, 4) is 0 Å². The molecule has 1 fully saturated rings. The highest BCUT2D eigenvalue weighted by molar-refractivity contribution is 7.17. The van der Waals surface area contributed by atoms with Crippen LogP contribution >= 0.6 is 11.3 Å². The van der Waals surface area contributed by atoms with Gasteiger partial charge in [-0.2, -0.15) is 0 Å². The number of hydrogen-bond donors (Lipinski definition) is 2. The first-order valence-corrected chi connectivity index (χ1v) is 12.0. The number of rotatable bonds is 6. The number of anilines is 2. The molecule has 1 aromatic carbocycles. The van der Waals surface area contributed by atoms with Crippen LogP contribution in [0.5, 0.6) is 0 Å². The van der Waals surface area contributed by atoms with Crippen LogP contribution < -0.4 is 10.6 Å². The van der Waals surface area contributed by atoms with Crippen molar-refractivity contribution in [2.24, 2.45) is 0 Å². The SMILES string of the molecule is CCOC(=O)c1ccc(NC(=O)c2cnc(NC(=O)N3CCC(=Cc4ccccn4)CC3)s2)cc1. The van der Waals surface area contributed by atoms with E-state index in [0.29, 0.717) is 41.0 Å². The number of carbonyl (C=O) groups excluding carboxylic acids is 3. The van der Waals surface area contributed by atoms with Crippen LogP contribution in [0.2, 0.25) is 0 Å². The summed E-state index contributed by atoms with van der Waals surface area (Å²) in [5.74, 6) is -0.767. The van der Waals surface area contributed by atoms with Crippen molar-refractivity contribution in [1.82, 2.24) is 14.9 Å². The molecular weight excluding hydrogens is 466 g/mol. The molecule has 180 valence electrons. The number of nitrogens with one attached hydrogen (secondary N) is 2. The summed E-state index contributed by atoms with van der Waals surface area (Å²) in [7, 11) is 0. The first-order valence-electron chi connectivity index (χ1n) is 11.2. The second-order valence-electron chi connectivity index (χ2n) is 7.76. The second kappa shape index (κ2) is 11.4. The number of piperidine rings is 1. The molecule has 0 radical (unpaired) electrons. The van der Waals surface area contributed by atoms with Gasteiger partial charge < -0.3 is 15.0 Å². The first kappa shape index (κ1) is 24.1. The summed E-state index contributed by atoms with van der Waals surface area (Å²) < 4.78 is 4.95. The average molecular weight is 492 g/mol. The minimum atomic E-state index is -0.414. The third-order valence-corrected chi connectivity index (χ3v) is 6.24. The van der Waals surface area contributed by atoms with E-state index in [4.69, 9.17) is 4.74 Å². The lowest BCUT2D eigenvalue weighted by Gasteiger charge is -2.28. The lowest BCUT2D eigenvalue weighted by atomic mass is 10.0. The van der Waals surface area contributed by atoms with Crippen LogP contribution in [0.1, 0.15) is 45.5 Å². The van der Waals surface area contributed by atoms with Crippen LogP contribution in [0.25, 0.3) is 6.08 Å². The summed E-state index contributed by atoms with van der Waals surface area (Å²) in [5.41, 5.74) is 3.12. The van der Waals surface area contributed by atoms with E-state index in [2.05, 4.69) is 26.7 Å². The molecule has 0 bridgehead atoms. The normalized spacial score (nSPS) is 13.2. The van der Waals surface area contributed by atoms with Crippen molar-refractivity contribution in [2.75, 3.05) is 30.3 Å².